The van der Waals surface area contributed by atoms with E-state index < -0.39 is 18.1 Å². The maximum Gasteiger partial charge on any atom is 0.410 e. The van der Waals surface area contributed by atoms with Crippen LogP contribution in [0.5, 0.6) is 0 Å². The Morgan fingerprint density at radius 3 is 1.97 bits per heavy atom. The SMILES string of the molecule is C[C@H](c1ccccc1)[C@@H](C(=O)O)N(C)C(=O)OCC1c2ccccc2-c2ccccc21. The molecule has 1 aliphatic carbocycles. The number of nitrogens with zero attached hydrogens (tertiary/aromatic N) is 1. The van der Waals surface area contributed by atoms with Crippen LogP contribution in [0.2, 0.25) is 0 Å². The van der Waals surface area contributed by atoms with Gasteiger partial charge in [-0.25, -0.2) is 9.59 Å². The lowest BCUT2D eigenvalue weighted by atomic mass is 9.92. The number of fused-ring (bicyclic) bond motifs is 3. The van der Waals surface area contributed by atoms with Crippen LogP contribution in [-0.4, -0.2) is 41.8 Å². The second kappa shape index (κ2) is 8.64. The van der Waals surface area contributed by atoms with Gasteiger partial charge in [0.05, 0.1) is 0 Å². The van der Waals surface area contributed by atoms with Crippen molar-refractivity contribution in [3.05, 3.63) is 95.6 Å². The molecule has 0 aliphatic heterocycles. The highest BCUT2D eigenvalue weighted by Crippen LogP contribution is 2.44. The molecule has 3 aromatic rings. The monoisotopic (exact) mass is 415 g/mol. The molecule has 1 N–H and O–H groups in total. The summed E-state index contributed by atoms with van der Waals surface area (Å²) in [5.41, 5.74) is 5.38. The van der Waals surface area contributed by atoms with Crippen molar-refractivity contribution in [2.75, 3.05) is 13.7 Å². The highest BCUT2D eigenvalue weighted by molar-refractivity contribution is 5.81. The van der Waals surface area contributed by atoms with E-state index >= 15 is 0 Å². The number of carboxylic acids is 1. The first-order chi connectivity index (χ1) is 15.0. The highest BCUT2D eigenvalue weighted by atomic mass is 16.6. The van der Waals surface area contributed by atoms with Gasteiger partial charge < -0.3 is 9.84 Å². The topological polar surface area (TPSA) is 66.8 Å². The molecule has 2 atom stereocenters. The maximum absolute atomic E-state index is 12.8. The van der Waals surface area contributed by atoms with Gasteiger partial charge in [-0.05, 0) is 27.8 Å². The molecule has 5 heteroatoms. The molecule has 31 heavy (non-hydrogen) atoms. The molecule has 0 saturated heterocycles. The summed E-state index contributed by atoms with van der Waals surface area (Å²) in [5, 5.41) is 9.81. The lowest BCUT2D eigenvalue weighted by molar-refractivity contribution is -0.143. The molecule has 0 unspecified atom stereocenters. The zero-order valence-corrected chi connectivity index (χ0v) is 17.6. The molecule has 0 heterocycles. The number of ether oxygens (including phenoxy) is 1. The number of rotatable bonds is 6. The molecule has 0 bridgehead atoms. The number of benzene rings is 3. The van der Waals surface area contributed by atoms with Crippen LogP contribution in [-0.2, 0) is 9.53 Å². The van der Waals surface area contributed by atoms with Gasteiger partial charge in [0.25, 0.3) is 0 Å². The molecule has 1 amide bonds. The lowest BCUT2D eigenvalue weighted by Crippen LogP contribution is -2.46. The highest BCUT2D eigenvalue weighted by Gasteiger charge is 2.35. The van der Waals surface area contributed by atoms with Crippen molar-refractivity contribution in [2.45, 2.75) is 24.8 Å². The minimum atomic E-state index is -1.06. The van der Waals surface area contributed by atoms with Gasteiger partial charge in [-0.2, -0.15) is 0 Å². The fourth-order valence-corrected chi connectivity index (χ4v) is 4.46. The Balaban J connectivity index is 1.51. The Morgan fingerprint density at radius 1 is 0.903 bits per heavy atom. The Labute approximate surface area is 181 Å². The molecule has 158 valence electrons. The van der Waals surface area contributed by atoms with Crippen molar-refractivity contribution in [3.8, 4) is 11.1 Å². The van der Waals surface area contributed by atoms with Crippen molar-refractivity contribution in [1.82, 2.24) is 4.90 Å². The third kappa shape index (κ3) is 3.91. The summed E-state index contributed by atoms with van der Waals surface area (Å²) in [6.07, 6.45) is -0.642. The van der Waals surface area contributed by atoms with Crippen molar-refractivity contribution in [1.29, 1.82) is 0 Å². The Morgan fingerprint density at radius 2 is 1.42 bits per heavy atom. The summed E-state index contributed by atoms with van der Waals surface area (Å²) in [4.78, 5) is 26.0. The molecular formula is C26H25NO4. The van der Waals surface area contributed by atoms with E-state index in [1.807, 2.05) is 54.6 Å². The van der Waals surface area contributed by atoms with Crippen LogP contribution >= 0.6 is 0 Å². The Bertz CT molecular complexity index is 1050. The van der Waals surface area contributed by atoms with E-state index in [9.17, 15) is 14.7 Å². The van der Waals surface area contributed by atoms with Gasteiger partial charge in [0.15, 0.2) is 0 Å². The number of carbonyl (C=O) groups is 2. The van der Waals surface area contributed by atoms with Gasteiger partial charge in [0, 0.05) is 18.9 Å². The van der Waals surface area contributed by atoms with Crippen LogP contribution < -0.4 is 0 Å². The first-order valence-corrected chi connectivity index (χ1v) is 10.3. The zero-order valence-electron chi connectivity index (χ0n) is 17.6. The smallest absolute Gasteiger partial charge is 0.410 e. The lowest BCUT2D eigenvalue weighted by Gasteiger charge is -2.29. The molecule has 0 spiro atoms. The predicted octanol–water partition coefficient (Wildman–Crippen LogP) is 5.12. The van der Waals surface area contributed by atoms with E-state index in [1.165, 1.54) is 11.9 Å². The molecule has 5 nitrogen and oxygen atoms in total. The normalized spacial score (nSPS) is 14.3. The number of likely N-dealkylation sites (N-methyl/N-ethyl adjacent to an activating group) is 1. The van der Waals surface area contributed by atoms with Crippen LogP contribution in [0.15, 0.2) is 78.9 Å². The van der Waals surface area contributed by atoms with Crippen LogP contribution in [0.3, 0.4) is 0 Å². The quantitative estimate of drug-likeness (QED) is 0.606. The van der Waals surface area contributed by atoms with E-state index in [0.29, 0.717) is 0 Å². The molecule has 0 aromatic heterocycles. The minimum absolute atomic E-state index is 0.0698. The molecule has 3 aromatic carbocycles. The third-order valence-electron chi connectivity index (χ3n) is 6.09. The standard InChI is InChI=1S/C26H25NO4/c1-17(18-10-4-3-5-11-18)24(25(28)29)27(2)26(30)31-16-23-21-14-8-6-12-19(21)20-13-7-9-15-22(20)23/h3-15,17,23-24H,16H2,1-2H3,(H,28,29)/t17-,24+/m1/s1. The van der Waals surface area contributed by atoms with Crippen LogP contribution in [0.25, 0.3) is 11.1 Å². The summed E-state index contributed by atoms with van der Waals surface area (Å²) >= 11 is 0. The molecule has 0 radical (unpaired) electrons. The van der Waals surface area contributed by atoms with Crippen LogP contribution in [0, 0.1) is 0 Å². The molecule has 4 rings (SSSR count). The third-order valence-corrected chi connectivity index (χ3v) is 6.09. The number of carboxylic acid groups (broad SMARTS) is 1. The molecule has 0 fully saturated rings. The van der Waals surface area contributed by atoms with Crippen LogP contribution in [0.1, 0.15) is 35.4 Å². The van der Waals surface area contributed by atoms with Gasteiger partial charge >= 0.3 is 12.1 Å². The zero-order chi connectivity index (χ0) is 22.0. The van der Waals surface area contributed by atoms with E-state index in [2.05, 4.69) is 24.3 Å². The maximum atomic E-state index is 12.8. The predicted molar refractivity (Wildman–Crippen MR) is 119 cm³/mol. The first-order valence-electron chi connectivity index (χ1n) is 10.3. The van der Waals surface area contributed by atoms with Crippen molar-refractivity contribution in [3.63, 3.8) is 0 Å². The summed E-state index contributed by atoms with van der Waals surface area (Å²) < 4.78 is 5.64. The second-order valence-corrected chi connectivity index (χ2v) is 7.90. The minimum Gasteiger partial charge on any atom is -0.480 e. The van der Waals surface area contributed by atoms with Crippen molar-refractivity contribution < 1.29 is 19.4 Å². The fourth-order valence-electron chi connectivity index (χ4n) is 4.46. The molecule has 1 aliphatic rings. The average Bonchev–Trinajstić information content (AvgIpc) is 3.11. The molecular weight excluding hydrogens is 390 g/mol. The summed E-state index contributed by atoms with van der Waals surface area (Å²) in [6.45, 7) is 1.96. The largest absolute Gasteiger partial charge is 0.480 e. The first kappa shape index (κ1) is 20.7. The summed E-state index contributed by atoms with van der Waals surface area (Å²) in [7, 11) is 1.48. The van der Waals surface area contributed by atoms with Gasteiger partial charge in [-0.15, -0.1) is 0 Å². The summed E-state index contributed by atoms with van der Waals surface area (Å²) in [6, 6.07) is 24.5. The van der Waals surface area contributed by atoms with E-state index in [4.69, 9.17) is 4.74 Å². The summed E-state index contributed by atoms with van der Waals surface area (Å²) in [5.74, 6) is -1.52. The number of amides is 1. The van der Waals surface area contributed by atoms with Crippen molar-refractivity contribution >= 4 is 12.1 Å². The van der Waals surface area contributed by atoms with E-state index in [1.54, 1.807) is 6.92 Å². The fraction of sp³-hybridized carbons (Fsp3) is 0.231. The number of carbonyl (C=O) groups excluding carboxylic acids is 1. The Hall–Kier alpha value is -3.60. The van der Waals surface area contributed by atoms with E-state index in [0.717, 1.165) is 27.8 Å². The number of aliphatic carboxylic acids is 1. The van der Waals surface area contributed by atoms with Gasteiger partial charge in [-0.3, -0.25) is 4.90 Å². The van der Waals surface area contributed by atoms with Crippen LogP contribution in [0.4, 0.5) is 4.79 Å². The van der Waals surface area contributed by atoms with Gasteiger partial charge in [0.2, 0.25) is 0 Å². The van der Waals surface area contributed by atoms with Gasteiger partial charge in [0.1, 0.15) is 12.6 Å². The average molecular weight is 415 g/mol. The van der Waals surface area contributed by atoms with Gasteiger partial charge in [-0.1, -0.05) is 85.8 Å². The molecule has 0 saturated carbocycles. The number of hydrogen-bond donors (Lipinski definition) is 1. The Kier molecular flexibility index (Phi) is 5.76. The number of hydrogen-bond acceptors (Lipinski definition) is 3. The van der Waals surface area contributed by atoms with Crippen molar-refractivity contribution in [2.24, 2.45) is 0 Å². The second-order valence-electron chi connectivity index (χ2n) is 7.90. The van der Waals surface area contributed by atoms with E-state index in [-0.39, 0.29) is 18.4 Å².